The first-order valence-corrected chi connectivity index (χ1v) is 12.1. The molecule has 1 aliphatic rings. The summed E-state index contributed by atoms with van der Waals surface area (Å²) in [6.45, 7) is 9.92. The Morgan fingerprint density at radius 3 is 2.38 bits per heavy atom. The fourth-order valence-corrected chi connectivity index (χ4v) is 5.50. The highest BCUT2D eigenvalue weighted by atomic mass is 35.5. The number of carbonyl (C=O) groups excluding carboxylic acids is 1. The van der Waals surface area contributed by atoms with Crippen molar-refractivity contribution >= 4 is 29.1 Å². The van der Waals surface area contributed by atoms with E-state index in [1.165, 1.54) is 0 Å². The third-order valence-electron chi connectivity index (χ3n) is 6.82. The van der Waals surface area contributed by atoms with Gasteiger partial charge in [-0.2, -0.15) is 0 Å². The Morgan fingerprint density at radius 2 is 1.81 bits per heavy atom. The number of carbonyl (C=O) groups is 1. The summed E-state index contributed by atoms with van der Waals surface area (Å²) < 4.78 is 0. The molecule has 2 aromatic rings. The van der Waals surface area contributed by atoms with Crippen LogP contribution in [-0.4, -0.2) is 28.1 Å². The number of aliphatic hydroxyl groups excluding tert-OH is 1. The van der Waals surface area contributed by atoms with Crippen LogP contribution in [0.15, 0.2) is 61.2 Å². The zero-order chi connectivity index (χ0) is 23.5. The van der Waals surface area contributed by atoms with E-state index in [1.54, 1.807) is 0 Å². The first-order chi connectivity index (χ1) is 15.3. The molecule has 0 saturated carbocycles. The van der Waals surface area contributed by atoms with Crippen molar-refractivity contribution in [1.82, 2.24) is 4.90 Å². The molecule has 0 spiro atoms. The van der Waals surface area contributed by atoms with Crippen molar-refractivity contribution in [3.8, 4) is 0 Å². The van der Waals surface area contributed by atoms with E-state index in [1.807, 2.05) is 74.2 Å². The summed E-state index contributed by atoms with van der Waals surface area (Å²) in [6.07, 6.45) is 3.70. The van der Waals surface area contributed by atoms with Crippen LogP contribution in [0.3, 0.4) is 0 Å². The first-order valence-electron chi connectivity index (χ1n) is 11.4. The Morgan fingerprint density at radius 1 is 1.12 bits per heavy atom. The molecule has 1 amide bonds. The molecule has 0 bridgehead atoms. The fraction of sp³-hybridized carbons (Fsp3) is 0.444. The third-order valence-corrected chi connectivity index (χ3v) is 7.31. The predicted molar refractivity (Wildman–Crippen MR) is 133 cm³/mol. The Kier molecular flexibility index (Phi) is 8.08. The minimum absolute atomic E-state index is 0.00984. The van der Waals surface area contributed by atoms with Gasteiger partial charge in [-0.3, -0.25) is 4.79 Å². The normalized spacial score (nSPS) is 25.4. The lowest BCUT2D eigenvalue weighted by molar-refractivity contribution is -0.158. The topological polar surface area (TPSA) is 40.5 Å². The van der Waals surface area contributed by atoms with Crippen molar-refractivity contribution in [2.45, 2.75) is 70.6 Å². The molecular formula is C27H33Cl2NO2. The number of aliphatic hydroxyl groups is 1. The van der Waals surface area contributed by atoms with Gasteiger partial charge in [0.25, 0.3) is 0 Å². The minimum atomic E-state index is -0.613. The number of halogens is 2. The van der Waals surface area contributed by atoms with Gasteiger partial charge in [0.05, 0.1) is 23.6 Å². The van der Waals surface area contributed by atoms with Gasteiger partial charge in [-0.1, -0.05) is 74.3 Å². The number of allylic oxidation sites excluding steroid dienone is 1. The van der Waals surface area contributed by atoms with E-state index in [0.29, 0.717) is 35.7 Å². The van der Waals surface area contributed by atoms with Gasteiger partial charge in [0.2, 0.25) is 5.91 Å². The highest BCUT2D eigenvalue weighted by Gasteiger charge is 2.51. The maximum Gasteiger partial charge on any atom is 0.229 e. The number of amides is 1. The molecule has 5 atom stereocenters. The number of hydrogen-bond donors (Lipinski definition) is 1. The molecule has 32 heavy (non-hydrogen) atoms. The zero-order valence-electron chi connectivity index (χ0n) is 19.1. The Bertz CT molecular complexity index is 945. The lowest BCUT2D eigenvalue weighted by atomic mass is 9.67. The minimum Gasteiger partial charge on any atom is -0.391 e. The molecule has 172 valence electrons. The highest BCUT2D eigenvalue weighted by Crippen LogP contribution is 2.52. The standard InChI is InChI=1S/C27H33Cl2NO2/c1-5-15-27(4)17-22(19-9-8-10-21(29)16-19)25(18-11-13-20(28)14-12-18)30(26(27)32)23(6-2)24(31)7-3/h5,8-14,16,22-25,31H,1,6-7,15,17H2,2-4H3/t22-,23?,24+,25-,27+/m1/s1. The van der Waals surface area contributed by atoms with Crippen LogP contribution < -0.4 is 0 Å². The Balaban J connectivity index is 2.25. The van der Waals surface area contributed by atoms with Crippen molar-refractivity contribution in [2.75, 3.05) is 0 Å². The van der Waals surface area contributed by atoms with E-state index in [0.717, 1.165) is 11.1 Å². The van der Waals surface area contributed by atoms with Gasteiger partial charge in [0.1, 0.15) is 0 Å². The number of nitrogens with zero attached hydrogens (tertiary/aromatic N) is 1. The van der Waals surface area contributed by atoms with Crippen LogP contribution in [-0.2, 0) is 4.79 Å². The van der Waals surface area contributed by atoms with Gasteiger partial charge in [0, 0.05) is 16.0 Å². The van der Waals surface area contributed by atoms with Crippen molar-refractivity contribution in [3.05, 3.63) is 82.4 Å². The number of piperidine rings is 1. The van der Waals surface area contributed by atoms with Crippen LogP contribution in [0.2, 0.25) is 10.0 Å². The number of rotatable bonds is 8. The molecule has 1 saturated heterocycles. The van der Waals surface area contributed by atoms with E-state index < -0.39 is 11.5 Å². The molecule has 3 rings (SSSR count). The van der Waals surface area contributed by atoms with Crippen molar-refractivity contribution in [2.24, 2.45) is 5.41 Å². The molecule has 0 aliphatic carbocycles. The van der Waals surface area contributed by atoms with Crippen LogP contribution in [0.5, 0.6) is 0 Å². The molecule has 1 unspecified atom stereocenters. The smallest absolute Gasteiger partial charge is 0.229 e. The summed E-state index contributed by atoms with van der Waals surface area (Å²) in [5.41, 5.74) is 1.49. The van der Waals surface area contributed by atoms with E-state index >= 15 is 0 Å². The lowest BCUT2D eigenvalue weighted by Crippen LogP contribution is -2.58. The largest absolute Gasteiger partial charge is 0.391 e. The zero-order valence-corrected chi connectivity index (χ0v) is 20.6. The van der Waals surface area contributed by atoms with Crippen LogP contribution in [0.25, 0.3) is 0 Å². The molecular weight excluding hydrogens is 441 g/mol. The fourth-order valence-electron chi connectivity index (χ4n) is 5.18. The second-order valence-corrected chi connectivity index (χ2v) is 9.95. The molecule has 0 radical (unpaired) electrons. The summed E-state index contributed by atoms with van der Waals surface area (Å²) >= 11 is 12.6. The van der Waals surface area contributed by atoms with Gasteiger partial charge in [-0.05, 0) is 61.1 Å². The van der Waals surface area contributed by atoms with Crippen molar-refractivity contribution < 1.29 is 9.90 Å². The summed E-state index contributed by atoms with van der Waals surface area (Å²) in [5, 5.41) is 12.3. The van der Waals surface area contributed by atoms with E-state index in [2.05, 4.69) is 12.6 Å². The van der Waals surface area contributed by atoms with Gasteiger partial charge < -0.3 is 10.0 Å². The van der Waals surface area contributed by atoms with Gasteiger partial charge >= 0.3 is 0 Å². The van der Waals surface area contributed by atoms with E-state index in [9.17, 15) is 9.90 Å². The van der Waals surface area contributed by atoms with E-state index in [-0.39, 0.29) is 23.9 Å². The molecule has 1 aliphatic heterocycles. The number of likely N-dealkylation sites (tertiary alicyclic amines) is 1. The predicted octanol–water partition coefficient (Wildman–Crippen LogP) is 7.18. The summed E-state index contributed by atoms with van der Waals surface area (Å²) in [5.74, 6) is 0.0746. The maximum atomic E-state index is 14.1. The molecule has 0 aromatic heterocycles. The van der Waals surface area contributed by atoms with Crippen molar-refractivity contribution in [3.63, 3.8) is 0 Å². The molecule has 5 heteroatoms. The summed E-state index contributed by atoms with van der Waals surface area (Å²) in [6, 6.07) is 15.1. The molecule has 2 aromatic carbocycles. The average molecular weight is 474 g/mol. The van der Waals surface area contributed by atoms with Gasteiger partial charge in [0.15, 0.2) is 0 Å². The number of benzene rings is 2. The Labute approximate surface area is 202 Å². The molecule has 1 fully saturated rings. The summed E-state index contributed by atoms with van der Waals surface area (Å²) in [4.78, 5) is 16.0. The maximum absolute atomic E-state index is 14.1. The first kappa shape index (κ1) is 24.8. The monoisotopic (exact) mass is 473 g/mol. The number of hydrogen-bond acceptors (Lipinski definition) is 2. The second kappa shape index (κ2) is 10.4. The SMILES string of the molecule is C=CC[C@@]1(C)C[C@H](c2cccc(Cl)c2)[C@@H](c2ccc(Cl)cc2)N(C(CC)[C@@H](O)CC)C1=O. The van der Waals surface area contributed by atoms with Crippen molar-refractivity contribution in [1.29, 1.82) is 0 Å². The van der Waals surface area contributed by atoms with Gasteiger partial charge in [-0.15, -0.1) is 6.58 Å². The van der Waals surface area contributed by atoms with Crippen LogP contribution in [0.1, 0.15) is 69.5 Å². The lowest BCUT2D eigenvalue weighted by Gasteiger charge is -2.52. The van der Waals surface area contributed by atoms with Gasteiger partial charge in [-0.25, -0.2) is 0 Å². The quantitative estimate of drug-likeness (QED) is 0.412. The Hall–Kier alpha value is -1.81. The van der Waals surface area contributed by atoms with Crippen LogP contribution in [0.4, 0.5) is 0 Å². The summed E-state index contributed by atoms with van der Waals surface area (Å²) in [7, 11) is 0. The third kappa shape index (κ3) is 4.90. The molecule has 1 N–H and O–H groups in total. The van der Waals surface area contributed by atoms with E-state index in [4.69, 9.17) is 23.2 Å². The van der Waals surface area contributed by atoms with Crippen LogP contribution in [0, 0.1) is 5.41 Å². The average Bonchev–Trinajstić information content (AvgIpc) is 2.77. The second-order valence-electron chi connectivity index (χ2n) is 9.08. The highest BCUT2D eigenvalue weighted by molar-refractivity contribution is 6.30. The molecule has 1 heterocycles. The van der Waals surface area contributed by atoms with Crippen LogP contribution >= 0.6 is 23.2 Å². The molecule has 3 nitrogen and oxygen atoms in total.